The standard InChI is InChI=1S/C11H13F2NO4S/c1-5-3-7(18-2)9(19-5)10(15)14-6(11(16)17)4-8(12)13/h3,6,8H,4H2,1-2H3,(H,14,15)(H,16,17). The molecule has 0 saturated carbocycles. The Morgan fingerprint density at radius 2 is 2.16 bits per heavy atom. The van der Waals surface area contributed by atoms with E-state index >= 15 is 0 Å². The molecule has 0 aliphatic carbocycles. The van der Waals surface area contributed by atoms with Crippen molar-refractivity contribution >= 4 is 23.2 Å². The summed E-state index contributed by atoms with van der Waals surface area (Å²) in [6.07, 6.45) is -3.75. The van der Waals surface area contributed by atoms with E-state index < -0.39 is 30.8 Å². The lowest BCUT2D eigenvalue weighted by Crippen LogP contribution is -2.41. The Morgan fingerprint density at radius 3 is 2.63 bits per heavy atom. The van der Waals surface area contributed by atoms with Crippen LogP contribution in [-0.4, -0.2) is 36.6 Å². The Balaban J connectivity index is 2.84. The zero-order chi connectivity index (χ0) is 14.6. The maximum absolute atomic E-state index is 12.2. The van der Waals surface area contributed by atoms with Crippen LogP contribution in [0.3, 0.4) is 0 Å². The van der Waals surface area contributed by atoms with Crippen LogP contribution in [0.5, 0.6) is 5.75 Å². The number of carboxylic acids is 1. The molecule has 0 aliphatic rings. The third-order valence-electron chi connectivity index (χ3n) is 2.26. The topological polar surface area (TPSA) is 75.6 Å². The number of carbonyl (C=O) groups excluding carboxylic acids is 1. The first-order chi connectivity index (χ1) is 8.85. The van der Waals surface area contributed by atoms with Gasteiger partial charge in [0.05, 0.1) is 7.11 Å². The lowest BCUT2D eigenvalue weighted by Gasteiger charge is -2.13. The van der Waals surface area contributed by atoms with E-state index in [1.54, 1.807) is 13.0 Å². The number of nitrogens with one attached hydrogen (secondary N) is 1. The van der Waals surface area contributed by atoms with Gasteiger partial charge in [0.1, 0.15) is 16.7 Å². The summed E-state index contributed by atoms with van der Waals surface area (Å²) in [5.74, 6) is -1.94. The molecule has 1 heterocycles. The molecule has 8 heteroatoms. The van der Waals surface area contributed by atoms with Crippen molar-refractivity contribution in [2.45, 2.75) is 25.8 Å². The summed E-state index contributed by atoms with van der Waals surface area (Å²) in [7, 11) is 1.37. The molecule has 1 amide bonds. The van der Waals surface area contributed by atoms with Crippen molar-refractivity contribution in [3.05, 3.63) is 15.8 Å². The number of methoxy groups -OCH3 is 1. The van der Waals surface area contributed by atoms with Crippen molar-refractivity contribution in [1.29, 1.82) is 0 Å². The summed E-state index contributed by atoms with van der Waals surface area (Å²) in [5.41, 5.74) is 0. The first-order valence-electron chi connectivity index (χ1n) is 5.31. The molecule has 19 heavy (non-hydrogen) atoms. The minimum Gasteiger partial charge on any atom is -0.495 e. The Bertz CT molecular complexity index is 475. The normalized spacial score (nSPS) is 12.3. The van der Waals surface area contributed by atoms with Crippen molar-refractivity contribution < 1.29 is 28.2 Å². The van der Waals surface area contributed by atoms with E-state index in [0.717, 1.165) is 16.2 Å². The highest BCUT2D eigenvalue weighted by Gasteiger charge is 2.26. The summed E-state index contributed by atoms with van der Waals surface area (Å²) < 4.78 is 29.4. The summed E-state index contributed by atoms with van der Waals surface area (Å²) >= 11 is 1.10. The molecular formula is C11H13F2NO4S. The number of aliphatic carboxylic acids is 1. The average molecular weight is 293 g/mol. The Kier molecular flexibility index (Phi) is 5.22. The Morgan fingerprint density at radius 1 is 1.53 bits per heavy atom. The lowest BCUT2D eigenvalue weighted by molar-refractivity contribution is -0.140. The third-order valence-corrected chi connectivity index (χ3v) is 3.30. The minimum atomic E-state index is -2.81. The summed E-state index contributed by atoms with van der Waals surface area (Å²) in [5, 5.41) is 10.8. The number of carboxylic acid groups (broad SMARTS) is 1. The van der Waals surface area contributed by atoms with Crippen molar-refractivity contribution in [3.8, 4) is 5.75 Å². The molecule has 1 rings (SSSR count). The quantitative estimate of drug-likeness (QED) is 0.840. The zero-order valence-corrected chi connectivity index (χ0v) is 11.1. The molecule has 0 bridgehead atoms. The van der Waals surface area contributed by atoms with E-state index in [4.69, 9.17) is 9.84 Å². The molecule has 1 atom stereocenters. The highest BCUT2D eigenvalue weighted by Crippen LogP contribution is 2.28. The molecule has 1 unspecified atom stereocenters. The fourth-order valence-electron chi connectivity index (χ4n) is 1.42. The third kappa shape index (κ3) is 4.16. The van der Waals surface area contributed by atoms with Gasteiger partial charge in [0, 0.05) is 11.3 Å². The smallest absolute Gasteiger partial charge is 0.326 e. The second kappa shape index (κ2) is 6.46. The van der Waals surface area contributed by atoms with Crippen molar-refractivity contribution in [2.24, 2.45) is 0 Å². The number of halogens is 2. The van der Waals surface area contributed by atoms with Crippen molar-refractivity contribution in [2.75, 3.05) is 7.11 Å². The molecule has 0 saturated heterocycles. The van der Waals surface area contributed by atoms with Crippen LogP contribution in [-0.2, 0) is 4.79 Å². The fourth-order valence-corrected chi connectivity index (χ4v) is 2.31. The predicted octanol–water partition coefficient (Wildman–Crippen LogP) is 1.90. The number of hydrogen-bond donors (Lipinski definition) is 2. The van der Waals surface area contributed by atoms with Crippen molar-refractivity contribution in [3.63, 3.8) is 0 Å². The van der Waals surface area contributed by atoms with Gasteiger partial charge in [-0.3, -0.25) is 4.79 Å². The summed E-state index contributed by atoms with van der Waals surface area (Å²) in [6.45, 7) is 1.75. The number of rotatable bonds is 6. The van der Waals surface area contributed by atoms with Gasteiger partial charge in [0.2, 0.25) is 6.43 Å². The van der Waals surface area contributed by atoms with Gasteiger partial charge >= 0.3 is 5.97 Å². The highest BCUT2D eigenvalue weighted by molar-refractivity contribution is 7.14. The number of ether oxygens (including phenoxy) is 1. The molecule has 1 aromatic rings. The minimum absolute atomic E-state index is 0.167. The average Bonchev–Trinajstić information content (AvgIpc) is 2.68. The second-order valence-electron chi connectivity index (χ2n) is 3.75. The fraction of sp³-hybridized carbons (Fsp3) is 0.455. The van der Waals surface area contributed by atoms with E-state index in [-0.39, 0.29) is 4.88 Å². The van der Waals surface area contributed by atoms with E-state index in [2.05, 4.69) is 5.32 Å². The molecule has 1 aromatic heterocycles. The van der Waals surface area contributed by atoms with Crippen LogP contribution in [0.25, 0.3) is 0 Å². The van der Waals surface area contributed by atoms with Crippen LogP contribution >= 0.6 is 11.3 Å². The highest BCUT2D eigenvalue weighted by atomic mass is 32.1. The first-order valence-corrected chi connectivity index (χ1v) is 6.13. The molecule has 0 radical (unpaired) electrons. The van der Waals surface area contributed by atoms with Gasteiger partial charge < -0.3 is 15.2 Å². The van der Waals surface area contributed by atoms with Gasteiger partial charge in [-0.2, -0.15) is 0 Å². The van der Waals surface area contributed by atoms with Gasteiger partial charge in [-0.05, 0) is 13.0 Å². The SMILES string of the molecule is COc1cc(C)sc1C(=O)NC(CC(F)F)C(=O)O. The zero-order valence-electron chi connectivity index (χ0n) is 10.3. The predicted molar refractivity (Wildman–Crippen MR) is 65.1 cm³/mol. The van der Waals surface area contributed by atoms with Crippen LogP contribution in [0.1, 0.15) is 21.0 Å². The van der Waals surface area contributed by atoms with Gasteiger partial charge in [-0.1, -0.05) is 0 Å². The van der Waals surface area contributed by atoms with E-state index in [0.29, 0.717) is 5.75 Å². The van der Waals surface area contributed by atoms with Crippen LogP contribution in [0.2, 0.25) is 0 Å². The summed E-state index contributed by atoms with van der Waals surface area (Å²) in [4.78, 5) is 23.6. The van der Waals surface area contributed by atoms with Crippen LogP contribution < -0.4 is 10.1 Å². The number of hydrogen-bond acceptors (Lipinski definition) is 4. The molecule has 0 spiro atoms. The molecular weight excluding hydrogens is 280 g/mol. The first kappa shape index (κ1) is 15.4. The van der Waals surface area contributed by atoms with Crippen LogP contribution in [0, 0.1) is 6.92 Å². The van der Waals surface area contributed by atoms with Crippen LogP contribution in [0.15, 0.2) is 6.07 Å². The molecule has 5 nitrogen and oxygen atoms in total. The van der Waals surface area contributed by atoms with Gasteiger partial charge in [0.15, 0.2) is 0 Å². The molecule has 106 valence electrons. The van der Waals surface area contributed by atoms with E-state index in [1.807, 2.05) is 0 Å². The van der Waals surface area contributed by atoms with Gasteiger partial charge in [-0.15, -0.1) is 11.3 Å². The van der Waals surface area contributed by atoms with E-state index in [1.165, 1.54) is 7.11 Å². The second-order valence-corrected chi connectivity index (χ2v) is 5.00. The maximum atomic E-state index is 12.2. The van der Waals surface area contributed by atoms with E-state index in [9.17, 15) is 18.4 Å². The Labute approximate surface area is 112 Å². The number of thiophene rings is 1. The largest absolute Gasteiger partial charge is 0.495 e. The lowest BCUT2D eigenvalue weighted by atomic mass is 10.2. The van der Waals surface area contributed by atoms with Gasteiger partial charge in [-0.25, -0.2) is 13.6 Å². The van der Waals surface area contributed by atoms with Crippen LogP contribution in [0.4, 0.5) is 8.78 Å². The monoisotopic (exact) mass is 293 g/mol. The molecule has 0 aliphatic heterocycles. The Hall–Kier alpha value is -1.70. The number of amides is 1. The maximum Gasteiger partial charge on any atom is 0.326 e. The number of carbonyl (C=O) groups is 2. The molecule has 0 fully saturated rings. The van der Waals surface area contributed by atoms with Crippen molar-refractivity contribution in [1.82, 2.24) is 5.32 Å². The summed E-state index contributed by atoms with van der Waals surface area (Å²) in [6, 6.07) is -0.0118. The molecule has 2 N–H and O–H groups in total. The molecule has 0 aromatic carbocycles. The number of alkyl halides is 2. The van der Waals surface area contributed by atoms with Gasteiger partial charge in [0.25, 0.3) is 5.91 Å². The number of aryl methyl sites for hydroxylation is 1.